The van der Waals surface area contributed by atoms with E-state index in [1.807, 2.05) is 17.0 Å². The maximum atomic E-state index is 11.2. The Morgan fingerprint density at radius 3 is 2.55 bits per heavy atom. The van der Waals surface area contributed by atoms with Crippen molar-refractivity contribution in [2.45, 2.75) is 13.0 Å². The summed E-state index contributed by atoms with van der Waals surface area (Å²) in [6.07, 6.45) is 2.04. The average Bonchev–Trinajstić information content (AvgIpc) is 2.41. The topological polar surface area (TPSA) is 90.7 Å². The molecule has 1 aliphatic heterocycles. The number of aliphatic carboxylic acids is 2. The van der Waals surface area contributed by atoms with Gasteiger partial charge in [0, 0.05) is 23.8 Å². The van der Waals surface area contributed by atoms with E-state index in [-0.39, 0.29) is 6.54 Å². The van der Waals surface area contributed by atoms with Crippen molar-refractivity contribution >= 4 is 27.9 Å². The molecule has 108 valence electrons. The maximum absolute atomic E-state index is 11.2. The molecule has 2 heterocycles. The van der Waals surface area contributed by atoms with Crippen LogP contribution >= 0.6 is 15.9 Å². The van der Waals surface area contributed by atoms with Crippen LogP contribution in [0.25, 0.3) is 0 Å². The Bertz CT molecular complexity index is 506. The van der Waals surface area contributed by atoms with E-state index in [4.69, 9.17) is 10.2 Å². The van der Waals surface area contributed by atoms with Gasteiger partial charge in [0.25, 0.3) is 0 Å². The summed E-state index contributed by atoms with van der Waals surface area (Å²) < 4.78 is 0.884. The van der Waals surface area contributed by atoms with Crippen molar-refractivity contribution < 1.29 is 19.8 Å². The van der Waals surface area contributed by atoms with Gasteiger partial charge in [-0.1, -0.05) is 0 Å². The normalized spacial score (nSPS) is 23.4. The zero-order valence-electron chi connectivity index (χ0n) is 10.7. The number of piperidine rings is 1. The largest absolute Gasteiger partial charge is 0.481 e. The van der Waals surface area contributed by atoms with Crippen LogP contribution in [0.15, 0.2) is 22.8 Å². The van der Waals surface area contributed by atoms with Gasteiger partial charge in [0.05, 0.1) is 17.5 Å². The van der Waals surface area contributed by atoms with Crippen LogP contribution in [0.1, 0.15) is 12.1 Å². The minimum absolute atomic E-state index is 0.240. The summed E-state index contributed by atoms with van der Waals surface area (Å²) in [6, 6.07) is 3.74. The highest BCUT2D eigenvalue weighted by atomic mass is 79.9. The summed E-state index contributed by atoms with van der Waals surface area (Å²) in [5.74, 6) is -3.75. The summed E-state index contributed by atoms with van der Waals surface area (Å²) >= 11 is 3.30. The molecular formula is C13H15BrN2O4. The first-order chi connectivity index (χ1) is 9.47. The van der Waals surface area contributed by atoms with E-state index >= 15 is 0 Å². The molecule has 2 unspecified atom stereocenters. The number of carboxylic acid groups (broad SMARTS) is 2. The van der Waals surface area contributed by atoms with E-state index in [1.165, 1.54) is 0 Å². The summed E-state index contributed by atoms with van der Waals surface area (Å²) in [6.45, 7) is 1.34. The summed E-state index contributed by atoms with van der Waals surface area (Å²) in [7, 11) is 0. The molecule has 0 aliphatic carbocycles. The zero-order chi connectivity index (χ0) is 14.7. The molecule has 6 nitrogen and oxygen atoms in total. The van der Waals surface area contributed by atoms with Gasteiger partial charge in [-0.2, -0.15) is 0 Å². The second-order valence-corrected chi connectivity index (χ2v) is 5.80. The fourth-order valence-electron chi connectivity index (χ4n) is 2.44. The lowest BCUT2D eigenvalue weighted by Gasteiger charge is -2.34. The highest BCUT2D eigenvalue weighted by molar-refractivity contribution is 9.10. The Morgan fingerprint density at radius 1 is 1.30 bits per heavy atom. The minimum Gasteiger partial charge on any atom is -0.481 e. The second-order valence-electron chi connectivity index (χ2n) is 4.88. The quantitative estimate of drug-likeness (QED) is 0.860. The Balaban J connectivity index is 2.03. The first kappa shape index (κ1) is 14.9. The Kier molecular flexibility index (Phi) is 4.72. The predicted octanol–water partition coefficient (Wildman–Crippen LogP) is 1.45. The summed E-state index contributed by atoms with van der Waals surface area (Å²) in [5.41, 5.74) is 0.839. The van der Waals surface area contributed by atoms with Crippen LogP contribution in [0.2, 0.25) is 0 Å². The van der Waals surface area contributed by atoms with Crippen molar-refractivity contribution in [2.75, 3.05) is 13.1 Å². The lowest BCUT2D eigenvalue weighted by molar-refractivity contribution is -0.157. The number of aromatic nitrogens is 1. The third kappa shape index (κ3) is 3.55. The van der Waals surface area contributed by atoms with E-state index in [9.17, 15) is 9.59 Å². The molecule has 2 rings (SSSR count). The highest BCUT2D eigenvalue weighted by Crippen LogP contribution is 2.25. The standard InChI is InChI=1S/C13H15BrN2O4/c14-8-1-2-9(15-5-8)6-16-4-3-10(12(17)18)11(7-16)13(19)20/h1-2,5,10-11H,3-4,6-7H2,(H,17,18)(H,19,20). The number of likely N-dealkylation sites (tertiary alicyclic amines) is 1. The predicted molar refractivity (Wildman–Crippen MR) is 74.1 cm³/mol. The summed E-state index contributed by atoms with van der Waals surface area (Å²) in [5, 5.41) is 18.2. The minimum atomic E-state index is -1.05. The van der Waals surface area contributed by atoms with Gasteiger partial charge >= 0.3 is 11.9 Å². The lowest BCUT2D eigenvalue weighted by Crippen LogP contribution is -2.46. The molecule has 1 aromatic rings. The molecule has 1 aliphatic rings. The van der Waals surface area contributed by atoms with Gasteiger partial charge in [0.15, 0.2) is 0 Å². The molecule has 0 bridgehead atoms. The number of hydrogen-bond donors (Lipinski definition) is 2. The Hall–Kier alpha value is -1.47. The van der Waals surface area contributed by atoms with Gasteiger partial charge < -0.3 is 10.2 Å². The first-order valence-corrected chi connectivity index (χ1v) is 7.05. The van der Waals surface area contributed by atoms with E-state index in [0.717, 1.165) is 10.2 Å². The Morgan fingerprint density at radius 2 is 2.00 bits per heavy atom. The molecule has 7 heteroatoms. The van der Waals surface area contributed by atoms with Crippen LogP contribution in [0.4, 0.5) is 0 Å². The molecule has 0 aromatic carbocycles. The van der Waals surface area contributed by atoms with Crippen LogP contribution in [0.3, 0.4) is 0 Å². The molecule has 0 radical (unpaired) electrons. The zero-order valence-corrected chi connectivity index (χ0v) is 12.3. The van der Waals surface area contributed by atoms with E-state index in [0.29, 0.717) is 19.5 Å². The molecule has 1 fully saturated rings. The fourth-order valence-corrected chi connectivity index (χ4v) is 2.67. The number of nitrogens with zero attached hydrogens (tertiary/aromatic N) is 2. The number of halogens is 1. The third-order valence-corrected chi connectivity index (χ3v) is 3.97. The molecule has 0 saturated carbocycles. The van der Waals surface area contributed by atoms with Crippen molar-refractivity contribution in [3.8, 4) is 0 Å². The Labute approximate surface area is 124 Å². The molecule has 1 aromatic heterocycles. The first-order valence-electron chi connectivity index (χ1n) is 6.26. The van der Waals surface area contributed by atoms with Crippen molar-refractivity contribution in [3.63, 3.8) is 0 Å². The monoisotopic (exact) mass is 342 g/mol. The molecule has 2 N–H and O–H groups in total. The van der Waals surface area contributed by atoms with E-state index in [1.54, 1.807) is 6.20 Å². The van der Waals surface area contributed by atoms with Gasteiger partial charge in [-0.15, -0.1) is 0 Å². The van der Waals surface area contributed by atoms with Crippen molar-refractivity contribution in [1.29, 1.82) is 0 Å². The van der Waals surface area contributed by atoms with E-state index < -0.39 is 23.8 Å². The van der Waals surface area contributed by atoms with E-state index in [2.05, 4.69) is 20.9 Å². The maximum Gasteiger partial charge on any atom is 0.308 e. The van der Waals surface area contributed by atoms with Crippen LogP contribution in [0, 0.1) is 11.8 Å². The van der Waals surface area contributed by atoms with Crippen LogP contribution in [-0.2, 0) is 16.1 Å². The average molecular weight is 343 g/mol. The summed E-state index contributed by atoms with van der Waals surface area (Å²) in [4.78, 5) is 28.5. The van der Waals surface area contributed by atoms with Gasteiger partial charge in [-0.3, -0.25) is 19.5 Å². The van der Waals surface area contributed by atoms with Gasteiger partial charge in [0.2, 0.25) is 0 Å². The highest BCUT2D eigenvalue weighted by Gasteiger charge is 2.38. The molecule has 0 amide bonds. The molecule has 20 heavy (non-hydrogen) atoms. The number of pyridine rings is 1. The van der Waals surface area contributed by atoms with Gasteiger partial charge in [-0.05, 0) is 41.0 Å². The third-order valence-electron chi connectivity index (χ3n) is 3.51. The van der Waals surface area contributed by atoms with Crippen molar-refractivity contribution in [1.82, 2.24) is 9.88 Å². The SMILES string of the molecule is O=C(O)C1CCN(Cc2ccc(Br)cn2)CC1C(=O)O. The second kappa shape index (κ2) is 6.32. The molecule has 1 saturated heterocycles. The number of carbonyl (C=O) groups is 2. The van der Waals surface area contributed by atoms with Crippen LogP contribution < -0.4 is 0 Å². The molecular weight excluding hydrogens is 328 g/mol. The number of rotatable bonds is 4. The van der Waals surface area contributed by atoms with Crippen molar-refractivity contribution in [3.05, 3.63) is 28.5 Å². The fraction of sp³-hybridized carbons (Fsp3) is 0.462. The van der Waals surface area contributed by atoms with Crippen LogP contribution in [-0.4, -0.2) is 45.1 Å². The number of carboxylic acids is 2. The van der Waals surface area contributed by atoms with Crippen molar-refractivity contribution in [2.24, 2.45) is 11.8 Å². The molecule has 0 spiro atoms. The lowest BCUT2D eigenvalue weighted by atomic mass is 9.85. The van der Waals surface area contributed by atoms with Crippen LogP contribution in [0.5, 0.6) is 0 Å². The smallest absolute Gasteiger partial charge is 0.308 e. The van der Waals surface area contributed by atoms with Gasteiger partial charge in [-0.25, -0.2) is 0 Å². The number of hydrogen-bond acceptors (Lipinski definition) is 4. The molecule has 2 atom stereocenters. The van der Waals surface area contributed by atoms with Gasteiger partial charge in [0.1, 0.15) is 0 Å².